The highest BCUT2D eigenvalue weighted by molar-refractivity contribution is 5.49. The Morgan fingerprint density at radius 1 is 1.44 bits per heavy atom. The predicted octanol–water partition coefficient (Wildman–Crippen LogP) is 1.37. The molecule has 0 spiro atoms. The van der Waals surface area contributed by atoms with Crippen LogP contribution in [0.2, 0.25) is 0 Å². The minimum atomic E-state index is -0.593. The Bertz CT molecular complexity index is 409. The Labute approximate surface area is 104 Å². The largest absolute Gasteiger partial charge is 0.494 e. The molecule has 6 heteroatoms. The lowest BCUT2D eigenvalue weighted by atomic mass is 10.2. The molecular weight excluding hydrogens is 242 g/mol. The van der Waals surface area contributed by atoms with Gasteiger partial charge in [-0.25, -0.2) is 8.78 Å². The van der Waals surface area contributed by atoms with Crippen LogP contribution in [0.3, 0.4) is 0 Å². The van der Waals surface area contributed by atoms with Gasteiger partial charge in [-0.05, 0) is 0 Å². The highest BCUT2D eigenvalue weighted by atomic mass is 19.1. The second kappa shape index (κ2) is 5.97. The van der Waals surface area contributed by atoms with E-state index in [2.05, 4.69) is 10.6 Å². The van der Waals surface area contributed by atoms with Crippen LogP contribution < -0.4 is 15.4 Å². The molecule has 0 radical (unpaired) electrons. The summed E-state index contributed by atoms with van der Waals surface area (Å²) in [5.74, 6) is -1.24. The van der Waals surface area contributed by atoms with Crippen LogP contribution in [0.15, 0.2) is 12.1 Å². The van der Waals surface area contributed by atoms with Gasteiger partial charge in [0, 0.05) is 31.8 Å². The summed E-state index contributed by atoms with van der Waals surface area (Å²) >= 11 is 0. The van der Waals surface area contributed by atoms with Crippen LogP contribution in [-0.4, -0.2) is 39.5 Å². The van der Waals surface area contributed by atoms with Gasteiger partial charge in [0.2, 0.25) is 0 Å². The molecule has 1 aliphatic rings. The van der Waals surface area contributed by atoms with Crippen molar-refractivity contribution < 1.29 is 18.3 Å². The molecule has 1 atom stereocenters. The highest BCUT2D eigenvalue weighted by Crippen LogP contribution is 2.24. The number of rotatable bonds is 4. The first-order chi connectivity index (χ1) is 8.70. The summed E-state index contributed by atoms with van der Waals surface area (Å²) in [4.78, 5) is 0. The minimum Gasteiger partial charge on any atom is -0.494 e. The van der Waals surface area contributed by atoms with E-state index in [0.717, 1.165) is 18.7 Å². The molecule has 2 rings (SSSR count). The van der Waals surface area contributed by atoms with Gasteiger partial charge in [0.15, 0.2) is 11.6 Å². The van der Waals surface area contributed by atoms with E-state index in [-0.39, 0.29) is 17.5 Å². The van der Waals surface area contributed by atoms with Gasteiger partial charge in [0.1, 0.15) is 5.82 Å². The second-order valence-electron chi connectivity index (χ2n) is 4.04. The fourth-order valence-electron chi connectivity index (χ4n) is 1.80. The summed E-state index contributed by atoms with van der Waals surface area (Å²) in [6.07, 6.45) is -0.0386. The maximum absolute atomic E-state index is 13.6. The van der Waals surface area contributed by atoms with Crippen LogP contribution in [0.4, 0.5) is 14.5 Å². The zero-order valence-corrected chi connectivity index (χ0v) is 10.1. The highest BCUT2D eigenvalue weighted by Gasteiger charge is 2.15. The van der Waals surface area contributed by atoms with Gasteiger partial charge in [-0.1, -0.05) is 0 Å². The number of ether oxygens (including phenoxy) is 2. The van der Waals surface area contributed by atoms with E-state index in [4.69, 9.17) is 9.47 Å². The first-order valence-corrected chi connectivity index (χ1v) is 5.80. The summed E-state index contributed by atoms with van der Waals surface area (Å²) in [5, 5.41) is 6.00. The molecule has 1 aromatic rings. The molecule has 1 aliphatic heterocycles. The lowest BCUT2D eigenvalue weighted by molar-refractivity contribution is 0.0372. The zero-order valence-electron chi connectivity index (χ0n) is 10.1. The van der Waals surface area contributed by atoms with Crippen molar-refractivity contribution in [2.75, 3.05) is 38.7 Å². The van der Waals surface area contributed by atoms with Gasteiger partial charge in [0.05, 0.1) is 25.5 Å². The van der Waals surface area contributed by atoms with E-state index in [9.17, 15) is 8.78 Å². The van der Waals surface area contributed by atoms with E-state index in [0.29, 0.717) is 19.7 Å². The smallest absolute Gasteiger partial charge is 0.167 e. The first kappa shape index (κ1) is 13.0. The van der Waals surface area contributed by atoms with Crippen LogP contribution >= 0.6 is 0 Å². The number of morpholine rings is 1. The van der Waals surface area contributed by atoms with Gasteiger partial charge < -0.3 is 20.1 Å². The SMILES string of the molecule is COc1cc(F)c(NCC2CNCCO2)cc1F. The van der Waals surface area contributed by atoms with Crippen molar-refractivity contribution in [1.82, 2.24) is 5.32 Å². The average Bonchev–Trinajstić information content (AvgIpc) is 2.40. The number of methoxy groups -OCH3 is 1. The quantitative estimate of drug-likeness (QED) is 0.856. The molecule has 1 heterocycles. The van der Waals surface area contributed by atoms with Crippen molar-refractivity contribution in [1.29, 1.82) is 0 Å². The number of halogens is 2. The van der Waals surface area contributed by atoms with Crippen molar-refractivity contribution in [3.8, 4) is 5.75 Å². The Hall–Kier alpha value is -1.40. The molecule has 0 amide bonds. The Balaban J connectivity index is 1.98. The molecule has 1 saturated heterocycles. The van der Waals surface area contributed by atoms with Crippen molar-refractivity contribution in [3.63, 3.8) is 0 Å². The molecule has 0 aliphatic carbocycles. The van der Waals surface area contributed by atoms with E-state index in [1.165, 1.54) is 7.11 Å². The van der Waals surface area contributed by atoms with Gasteiger partial charge in [-0.15, -0.1) is 0 Å². The predicted molar refractivity (Wildman–Crippen MR) is 64.0 cm³/mol. The second-order valence-corrected chi connectivity index (χ2v) is 4.04. The normalized spacial score (nSPS) is 19.6. The third-order valence-corrected chi connectivity index (χ3v) is 2.77. The van der Waals surface area contributed by atoms with E-state index >= 15 is 0 Å². The van der Waals surface area contributed by atoms with Crippen molar-refractivity contribution in [2.45, 2.75) is 6.10 Å². The number of benzene rings is 1. The topological polar surface area (TPSA) is 42.5 Å². The van der Waals surface area contributed by atoms with Crippen molar-refractivity contribution in [3.05, 3.63) is 23.8 Å². The lowest BCUT2D eigenvalue weighted by Gasteiger charge is -2.24. The summed E-state index contributed by atoms with van der Waals surface area (Å²) < 4.78 is 37.2. The van der Waals surface area contributed by atoms with Crippen LogP contribution in [0.5, 0.6) is 5.75 Å². The third kappa shape index (κ3) is 3.08. The van der Waals surface area contributed by atoms with Gasteiger partial charge in [0.25, 0.3) is 0 Å². The van der Waals surface area contributed by atoms with E-state index < -0.39 is 11.6 Å². The standard InChI is InChI=1S/C12H16F2N2O2/c1-17-12-5-9(13)11(4-10(12)14)16-7-8-6-15-2-3-18-8/h4-5,8,15-16H,2-3,6-7H2,1H3. The van der Waals surface area contributed by atoms with Gasteiger partial charge in [-0.3, -0.25) is 0 Å². The average molecular weight is 258 g/mol. The number of nitrogens with one attached hydrogen (secondary N) is 2. The van der Waals surface area contributed by atoms with Crippen LogP contribution in [-0.2, 0) is 4.74 Å². The van der Waals surface area contributed by atoms with Gasteiger partial charge >= 0.3 is 0 Å². The Kier molecular flexibility index (Phi) is 4.33. The van der Waals surface area contributed by atoms with E-state index in [1.54, 1.807) is 0 Å². The van der Waals surface area contributed by atoms with E-state index in [1.807, 2.05) is 0 Å². The molecule has 4 nitrogen and oxygen atoms in total. The molecule has 18 heavy (non-hydrogen) atoms. The summed E-state index contributed by atoms with van der Waals surface area (Å²) in [6.45, 7) is 2.58. The monoisotopic (exact) mass is 258 g/mol. The van der Waals surface area contributed by atoms with Crippen LogP contribution in [0.25, 0.3) is 0 Å². The first-order valence-electron chi connectivity index (χ1n) is 5.80. The summed E-state index contributed by atoms with van der Waals surface area (Å²) in [5.41, 5.74) is 0.113. The zero-order chi connectivity index (χ0) is 13.0. The maximum Gasteiger partial charge on any atom is 0.167 e. The number of hydrogen-bond donors (Lipinski definition) is 2. The van der Waals surface area contributed by atoms with Crippen molar-refractivity contribution in [2.24, 2.45) is 0 Å². The molecule has 0 saturated carbocycles. The molecule has 0 aromatic heterocycles. The number of hydrogen-bond acceptors (Lipinski definition) is 4. The maximum atomic E-state index is 13.6. The summed E-state index contributed by atoms with van der Waals surface area (Å²) in [7, 11) is 1.30. The fraction of sp³-hybridized carbons (Fsp3) is 0.500. The molecule has 1 fully saturated rings. The lowest BCUT2D eigenvalue weighted by Crippen LogP contribution is -2.42. The molecule has 100 valence electrons. The molecule has 2 N–H and O–H groups in total. The molecule has 1 unspecified atom stereocenters. The molecule has 1 aromatic carbocycles. The van der Waals surface area contributed by atoms with Gasteiger partial charge in [-0.2, -0.15) is 0 Å². The Morgan fingerprint density at radius 2 is 2.28 bits per heavy atom. The van der Waals surface area contributed by atoms with Crippen LogP contribution in [0, 0.1) is 11.6 Å². The third-order valence-electron chi connectivity index (χ3n) is 2.77. The van der Waals surface area contributed by atoms with Crippen LogP contribution in [0.1, 0.15) is 0 Å². The minimum absolute atomic E-state index is 0.0386. The molecule has 0 bridgehead atoms. The summed E-state index contributed by atoms with van der Waals surface area (Å²) in [6, 6.07) is 2.11. The fourth-order valence-corrected chi connectivity index (χ4v) is 1.80. The Morgan fingerprint density at radius 3 is 2.94 bits per heavy atom. The molecular formula is C12H16F2N2O2. The van der Waals surface area contributed by atoms with Crippen molar-refractivity contribution >= 4 is 5.69 Å². The number of anilines is 1.